The van der Waals surface area contributed by atoms with E-state index in [4.69, 9.17) is 0 Å². The lowest BCUT2D eigenvalue weighted by Crippen LogP contribution is -2.26. The SMILES string of the molecule is c1ccc(-c2ccccc2-c2c(-c3ccccc3)cccc2N(c2ccc(-c3cccc4sc5ccccc5c34)cc2)c2cccc3c2-c2ccccc2C32c3ccccc3-c3ccccc32)cc1. The van der Waals surface area contributed by atoms with Crippen LogP contribution in [-0.2, 0) is 5.41 Å². The fraction of sp³-hybridized carbons (Fsp3) is 0.0149. The molecule has 11 aromatic carbocycles. The summed E-state index contributed by atoms with van der Waals surface area (Å²) in [5, 5.41) is 2.62. The minimum absolute atomic E-state index is 0.485. The molecule has 0 radical (unpaired) electrons. The highest BCUT2D eigenvalue weighted by Gasteiger charge is 2.52. The summed E-state index contributed by atoms with van der Waals surface area (Å²) in [6, 6.07) is 96.9. The largest absolute Gasteiger partial charge is 0.309 e. The first-order valence-electron chi connectivity index (χ1n) is 23.8. The molecule has 1 spiro atoms. The lowest BCUT2D eigenvalue weighted by Gasteiger charge is -2.33. The number of hydrogen-bond donors (Lipinski definition) is 0. The van der Waals surface area contributed by atoms with E-state index in [0.717, 1.165) is 17.1 Å². The Balaban J connectivity index is 1.07. The van der Waals surface area contributed by atoms with Crippen molar-refractivity contribution >= 4 is 48.6 Å². The molecule has 1 nitrogen and oxygen atoms in total. The second-order valence-electron chi connectivity index (χ2n) is 18.2. The van der Waals surface area contributed by atoms with Gasteiger partial charge >= 0.3 is 0 Å². The summed E-state index contributed by atoms with van der Waals surface area (Å²) in [6.07, 6.45) is 0. The maximum absolute atomic E-state index is 2.56. The van der Waals surface area contributed by atoms with Gasteiger partial charge in [0.15, 0.2) is 0 Å². The van der Waals surface area contributed by atoms with Crippen LogP contribution in [0.15, 0.2) is 261 Å². The van der Waals surface area contributed by atoms with Gasteiger partial charge in [0.2, 0.25) is 0 Å². The van der Waals surface area contributed by atoms with Crippen molar-refractivity contribution in [2.75, 3.05) is 4.90 Å². The standard InChI is InChI=1S/C67H43NS/c1-3-20-44(21-4-1)48-24-7-8-27-53(48)64-49(45-22-5-2-6-23-45)30-17-36-60(64)68(47-42-40-46(41-43-47)50-31-18-39-63-65(50)55-29-12-16-38-62(55)69-63)61-37-19-35-59-66(61)54-28-11-15-34-58(54)67(59)56-32-13-9-25-51(56)52-26-10-14-33-57(52)67/h1-43H. The Morgan fingerprint density at radius 1 is 0.275 bits per heavy atom. The van der Waals surface area contributed by atoms with Gasteiger partial charge in [0.05, 0.1) is 16.8 Å². The van der Waals surface area contributed by atoms with E-state index in [1.165, 1.54) is 109 Å². The lowest BCUT2D eigenvalue weighted by molar-refractivity contribution is 0.794. The average Bonchev–Trinajstić information content (AvgIpc) is 4.07. The molecule has 0 fully saturated rings. The fourth-order valence-electron chi connectivity index (χ4n) is 12.0. The zero-order valence-corrected chi connectivity index (χ0v) is 38.5. The molecular weight excluding hydrogens is 851 g/mol. The molecule has 1 heterocycles. The van der Waals surface area contributed by atoms with Crippen LogP contribution in [0, 0.1) is 0 Å². The van der Waals surface area contributed by atoms with Crippen molar-refractivity contribution in [1.29, 1.82) is 0 Å². The molecule has 14 rings (SSSR count). The Morgan fingerprint density at radius 3 is 1.42 bits per heavy atom. The van der Waals surface area contributed by atoms with Crippen molar-refractivity contribution in [2.24, 2.45) is 0 Å². The van der Waals surface area contributed by atoms with Gasteiger partial charge in [0.25, 0.3) is 0 Å². The van der Waals surface area contributed by atoms with Crippen molar-refractivity contribution in [1.82, 2.24) is 0 Å². The number of anilines is 3. The lowest BCUT2D eigenvalue weighted by atomic mass is 9.70. The summed E-state index contributed by atoms with van der Waals surface area (Å²) in [5.74, 6) is 0. The van der Waals surface area contributed by atoms with Crippen molar-refractivity contribution in [2.45, 2.75) is 5.41 Å². The van der Waals surface area contributed by atoms with Crippen molar-refractivity contribution < 1.29 is 0 Å². The van der Waals surface area contributed by atoms with E-state index < -0.39 is 5.41 Å². The van der Waals surface area contributed by atoms with E-state index in [1.54, 1.807) is 0 Å². The first-order valence-corrected chi connectivity index (χ1v) is 24.7. The third kappa shape index (κ3) is 5.89. The molecule has 2 heteroatoms. The number of thiophene rings is 1. The first-order chi connectivity index (χ1) is 34.3. The molecule has 0 atom stereocenters. The van der Waals surface area contributed by atoms with Crippen molar-refractivity contribution in [3.8, 4) is 66.8 Å². The maximum atomic E-state index is 2.56. The number of fused-ring (bicyclic) bond motifs is 13. The molecule has 2 aliphatic rings. The molecular formula is C67H43NS. The van der Waals surface area contributed by atoms with E-state index in [0.29, 0.717) is 0 Å². The summed E-state index contributed by atoms with van der Waals surface area (Å²) >= 11 is 1.87. The Bertz CT molecular complexity index is 3910. The van der Waals surface area contributed by atoms with Gasteiger partial charge in [-0.3, -0.25) is 0 Å². The molecule has 0 aliphatic heterocycles. The van der Waals surface area contributed by atoms with E-state index in [9.17, 15) is 0 Å². The quantitative estimate of drug-likeness (QED) is 0.154. The first kappa shape index (κ1) is 39.6. The van der Waals surface area contributed by atoms with Gasteiger partial charge in [-0.2, -0.15) is 0 Å². The summed E-state index contributed by atoms with van der Waals surface area (Å²) in [6.45, 7) is 0. The van der Waals surface area contributed by atoms with Crippen LogP contribution in [0.3, 0.4) is 0 Å². The molecule has 0 bridgehead atoms. The van der Waals surface area contributed by atoms with Crippen LogP contribution in [0.25, 0.3) is 86.9 Å². The van der Waals surface area contributed by atoms with Gasteiger partial charge in [-0.05, 0) is 114 Å². The van der Waals surface area contributed by atoms with Crippen molar-refractivity contribution in [3.63, 3.8) is 0 Å². The van der Waals surface area contributed by atoms with Crippen LogP contribution < -0.4 is 4.90 Å². The Hall–Kier alpha value is -8.56. The zero-order chi connectivity index (χ0) is 45.5. The summed E-state index contributed by atoms with van der Waals surface area (Å²) in [7, 11) is 0. The molecule has 0 amide bonds. The molecule has 0 saturated heterocycles. The van der Waals surface area contributed by atoms with E-state index in [-0.39, 0.29) is 0 Å². The number of rotatable bonds is 7. The Morgan fingerprint density at radius 2 is 0.725 bits per heavy atom. The summed E-state index contributed by atoms with van der Waals surface area (Å²) in [5.41, 5.74) is 22.8. The predicted octanol–water partition coefficient (Wildman–Crippen LogP) is 18.5. The molecule has 69 heavy (non-hydrogen) atoms. The topological polar surface area (TPSA) is 3.24 Å². The molecule has 12 aromatic rings. The van der Waals surface area contributed by atoms with Crippen molar-refractivity contribution in [3.05, 3.63) is 283 Å². The Kier molecular flexibility index (Phi) is 9.05. The summed E-state index contributed by atoms with van der Waals surface area (Å²) < 4.78 is 2.62. The third-order valence-electron chi connectivity index (χ3n) is 14.7. The number of benzene rings is 11. The van der Waals surface area contributed by atoms with E-state index in [2.05, 4.69) is 266 Å². The highest BCUT2D eigenvalue weighted by molar-refractivity contribution is 7.25. The minimum atomic E-state index is -0.485. The maximum Gasteiger partial charge on any atom is 0.0726 e. The van der Waals surface area contributed by atoms with Gasteiger partial charge in [0, 0.05) is 37.0 Å². The van der Waals surface area contributed by atoms with Gasteiger partial charge in [0.1, 0.15) is 0 Å². The molecule has 0 N–H and O–H groups in total. The Labute approximate surface area is 406 Å². The smallest absolute Gasteiger partial charge is 0.0726 e. The van der Waals surface area contributed by atoms with E-state index in [1.807, 2.05) is 11.3 Å². The normalized spacial score (nSPS) is 12.8. The zero-order valence-electron chi connectivity index (χ0n) is 37.7. The van der Waals surface area contributed by atoms with Gasteiger partial charge in [-0.25, -0.2) is 0 Å². The predicted molar refractivity (Wildman–Crippen MR) is 292 cm³/mol. The molecule has 2 aliphatic carbocycles. The van der Waals surface area contributed by atoms with Crippen LogP contribution in [0.1, 0.15) is 22.3 Å². The second kappa shape index (κ2) is 15.8. The fourth-order valence-corrected chi connectivity index (χ4v) is 13.1. The van der Waals surface area contributed by atoms with Gasteiger partial charge in [-0.1, -0.05) is 224 Å². The second-order valence-corrected chi connectivity index (χ2v) is 19.3. The van der Waals surface area contributed by atoms with Crippen LogP contribution in [0.2, 0.25) is 0 Å². The van der Waals surface area contributed by atoms with Gasteiger partial charge in [-0.15, -0.1) is 11.3 Å². The van der Waals surface area contributed by atoms with Crippen LogP contribution in [-0.4, -0.2) is 0 Å². The highest BCUT2D eigenvalue weighted by atomic mass is 32.1. The van der Waals surface area contributed by atoms with Crippen LogP contribution >= 0.6 is 11.3 Å². The molecule has 0 saturated carbocycles. The molecule has 322 valence electrons. The molecule has 1 aromatic heterocycles. The highest BCUT2D eigenvalue weighted by Crippen LogP contribution is 2.65. The van der Waals surface area contributed by atoms with Crippen LogP contribution in [0.4, 0.5) is 17.1 Å². The number of hydrogen-bond acceptors (Lipinski definition) is 2. The third-order valence-corrected chi connectivity index (χ3v) is 15.9. The van der Waals surface area contributed by atoms with Gasteiger partial charge < -0.3 is 4.90 Å². The average molecular weight is 894 g/mol. The summed E-state index contributed by atoms with van der Waals surface area (Å²) in [4.78, 5) is 2.56. The molecule has 0 unspecified atom stereocenters. The monoisotopic (exact) mass is 893 g/mol. The van der Waals surface area contributed by atoms with E-state index >= 15 is 0 Å². The van der Waals surface area contributed by atoms with Crippen LogP contribution in [0.5, 0.6) is 0 Å². The minimum Gasteiger partial charge on any atom is -0.309 e. The number of nitrogens with zero attached hydrogens (tertiary/aromatic N) is 1.